The van der Waals surface area contributed by atoms with Gasteiger partial charge in [-0.3, -0.25) is 4.98 Å². The molecule has 0 fully saturated rings. The molecule has 0 aliphatic carbocycles. The van der Waals surface area contributed by atoms with Gasteiger partial charge < -0.3 is 8.98 Å². The molecule has 0 amide bonds. The van der Waals surface area contributed by atoms with Crippen LogP contribution in [-0.4, -0.2) is 19.7 Å². The lowest BCUT2D eigenvalue weighted by atomic mass is 10.2. The summed E-state index contributed by atoms with van der Waals surface area (Å²) in [6.45, 7) is 0.623. The number of hydrogen-bond acceptors (Lipinski definition) is 4. The van der Waals surface area contributed by atoms with Gasteiger partial charge in [-0.25, -0.2) is 0 Å². The molecule has 17 heavy (non-hydrogen) atoms. The van der Waals surface area contributed by atoms with E-state index < -0.39 is 0 Å². The van der Waals surface area contributed by atoms with Crippen LogP contribution in [0.4, 0.5) is 0 Å². The van der Waals surface area contributed by atoms with E-state index in [9.17, 15) is 0 Å². The molecule has 0 N–H and O–H groups in total. The normalized spacial score (nSPS) is 10.6. The van der Waals surface area contributed by atoms with Crippen LogP contribution in [0.1, 0.15) is 5.76 Å². The van der Waals surface area contributed by atoms with Gasteiger partial charge in [-0.15, -0.1) is 10.2 Å². The first kappa shape index (κ1) is 9.77. The summed E-state index contributed by atoms with van der Waals surface area (Å²) in [5.74, 6) is 1.68. The average molecular weight is 226 g/mol. The summed E-state index contributed by atoms with van der Waals surface area (Å²) in [5.41, 5.74) is 0.990. The minimum absolute atomic E-state index is 0.623. The Morgan fingerprint density at radius 1 is 1.18 bits per heavy atom. The molecule has 0 spiro atoms. The number of nitrogens with zero attached hydrogens (tertiary/aromatic N) is 4. The molecule has 5 heteroatoms. The van der Waals surface area contributed by atoms with E-state index in [1.54, 1.807) is 25.0 Å². The maximum atomic E-state index is 5.31. The fraction of sp³-hybridized carbons (Fsp3) is 0.0833. The molecule has 3 aromatic rings. The highest BCUT2D eigenvalue weighted by atomic mass is 16.3. The van der Waals surface area contributed by atoms with Gasteiger partial charge in [-0.1, -0.05) is 0 Å². The van der Waals surface area contributed by atoms with Crippen LogP contribution in [0.15, 0.2) is 53.7 Å². The second kappa shape index (κ2) is 4.21. The summed E-state index contributed by atoms with van der Waals surface area (Å²) >= 11 is 0. The van der Waals surface area contributed by atoms with E-state index >= 15 is 0 Å². The first-order valence-electron chi connectivity index (χ1n) is 5.24. The van der Waals surface area contributed by atoms with Gasteiger partial charge >= 0.3 is 0 Å². The standard InChI is InChI=1S/C12H10N4O/c1-2-11(17-7-1)8-16-9-14-15-12(16)10-3-5-13-6-4-10/h1-7,9H,8H2. The molecule has 0 saturated carbocycles. The number of aromatic nitrogens is 4. The molecule has 3 aromatic heterocycles. The lowest BCUT2D eigenvalue weighted by Crippen LogP contribution is -2.00. The molecular weight excluding hydrogens is 216 g/mol. The molecule has 3 heterocycles. The SMILES string of the molecule is c1coc(Cn2cnnc2-c2ccncc2)c1. The van der Waals surface area contributed by atoms with Gasteiger partial charge in [0.05, 0.1) is 12.8 Å². The number of rotatable bonds is 3. The van der Waals surface area contributed by atoms with Gasteiger partial charge in [0.1, 0.15) is 12.1 Å². The Labute approximate surface area is 97.8 Å². The molecule has 0 aliphatic rings. The van der Waals surface area contributed by atoms with Crippen molar-refractivity contribution < 1.29 is 4.42 Å². The van der Waals surface area contributed by atoms with Gasteiger partial charge in [0.2, 0.25) is 0 Å². The molecule has 5 nitrogen and oxygen atoms in total. The molecule has 84 valence electrons. The maximum Gasteiger partial charge on any atom is 0.164 e. The number of pyridine rings is 1. The van der Waals surface area contributed by atoms with Gasteiger partial charge in [0.15, 0.2) is 5.82 Å². The quantitative estimate of drug-likeness (QED) is 0.685. The van der Waals surface area contributed by atoms with Crippen LogP contribution >= 0.6 is 0 Å². The summed E-state index contributed by atoms with van der Waals surface area (Å²) in [7, 11) is 0. The molecule has 0 aromatic carbocycles. The Morgan fingerprint density at radius 2 is 2.06 bits per heavy atom. The second-order valence-corrected chi connectivity index (χ2v) is 3.60. The van der Waals surface area contributed by atoms with Crippen molar-refractivity contribution in [2.75, 3.05) is 0 Å². The van der Waals surface area contributed by atoms with E-state index in [1.807, 2.05) is 28.8 Å². The predicted octanol–water partition coefficient (Wildman–Crippen LogP) is 1.98. The third-order valence-electron chi connectivity index (χ3n) is 2.46. The van der Waals surface area contributed by atoms with Gasteiger partial charge in [-0.2, -0.15) is 0 Å². The Balaban J connectivity index is 1.95. The predicted molar refractivity (Wildman–Crippen MR) is 61.1 cm³/mol. The zero-order valence-electron chi connectivity index (χ0n) is 9.02. The maximum absolute atomic E-state index is 5.31. The third kappa shape index (κ3) is 1.94. The minimum Gasteiger partial charge on any atom is -0.467 e. The first-order chi connectivity index (χ1) is 8.43. The Kier molecular flexibility index (Phi) is 2.42. The molecular formula is C12H10N4O. The summed E-state index contributed by atoms with van der Waals surface area (Å²) in [4.78, 5) is 3.98. The highest BCUT2D eigenvalue weighted by molar-refractivity contribution is 5.53. The molecule has 0 atom stereocenters. The van der Waals surface area contributed by atoms with E-state index in [4.69, 9.17) is 4.42 Å². The summed E-state index contributed by atoms with van der Waals surface area (Å²) in [5, 5.41) is 8.04. The summed E-state index contributed by atoms with van der Waals surface area (Å²) in [6.07, 6.45) is 6.83. The molecule has 0 unspecified atom stereocenters. The summed E-state index contributed by atoms with van der Waals surface area (Å²) in [6, 6.07) is 7.60. The van der Waals surface area contributed by atoms with Gasteiger partial charge in [0.25, 0.3) is 0 Å². The number of hydrogen-bond donors (Lipinski definition) is 0. The Bertz CT molecular complexity index is 586. The molecule has 0 aliphatic heterocycles. The van der Waals surface area contributed by atoms with E-state index in [2.05, 4.69) is 15.2 Å². The van der Waals surface area contributed by atoms with Crippen molar-refractivity contribution >= 4 is 0 Å². The Hall–Kier alpha value is -2.43. The zero-order valence-corrected chi connectivity index (χ0v) is 9.02. The van der Waals surface area contributed by atoms with E-state index in [0.29, 0.717) is 6.54 Å². The third-order valence-corrected chi connectivity index (χ3v) is 2.46. The van der Waals surface area contributed by atoms with Gasteiger partial charge in [-0.05, 0) is 24.3 Å². The van der Waals surface area contributed by atoms with Crippen molar-refractivity contribution in [2.45, 2.75) is 6.54 Å². The smallest absolute Gasteiger partial charge is 0.164 e. The zero-order chi connectivity index (χ0) is 11.5. The van der Waals surface area contributed by atoms with Crippen LogP contribution < -0.4 is 0 Å². The molecule has 0 saturated heterocycles. The van der Waals surface area contributed by atoms with Crippen LogP contribution in [0.5, 0.6) is 0 Å². The summed E-state index contributed by atoms with van der Waals surface area (Å²) < 4.78 is 7.25. The van der Waals surface area contributed by atoms with Gasteiger partial charge in [0, 0.05) is 18.0 Å². The van der Waals surface area contributed by atoms with Crippen molar-refractivity contribution in [3.8, 4) is 11.4 Å². The van der Waals surface area contributed by atoms with Crippen LogP contribution in [0.25, 0.3) is 11.4 Å². The van der Waals surface area contributed by atoms with Crippen molar-refractivity contribution in [1.29, 1.82) is 0 Å². The van der Waals surface area contributed by atoms with E-state index in [0.717, 1.165) is 17.1 Å². The lowest BCUT2D eigenvalue weighted by Gasteiger charge is -2.03. The fourth-order valence-corrected chi connectivity index (χ4v) is 1.67. The van der Waals surface area contributed by atoms with Crippen LogP contribution in [0.3, 0.4) is 0 Å². The van der Waals surface area contributed by atoms with Crippen molar-refractivity contribution in [2.24, 2.45) is 0 Å². The lowest BCUT2D eigenvalue weighted by molar-refractivity contribution is 0.494. The van der Waals surface area contributed by atoms with Crippen molar-refractivity contribution in [3.05, 3.63) is 55.0 Å². The average Bonchev–Trinajstić information content (AvgIpc) is 3.02. The van der Waals surface area contributed by atoms with E-state index in [1.165, 1.54) is 0 Å². The van der Waals surface area contributed by atoms with Crippen LogP contribution in [-0.2, 0) is 6.54 Å². The minimum atomic E-state index is 0.623. The van der Waals surface area contributed by atoms with Crippen molar-refractivity contribution in [3.63, 3.8) is 0 Å². The molecule has 0 radical (unpaired) electrons. The second-order valence-electron chi connectivity index (χ2n) is 3.60. The van der Waals surface area contributed by atoms with Crippen molar-refractivity contribution in [1.82, 2.24) is 19.7 Å². The van der Waals surface area contributed by atoms with Crippen LogP contribution in [0.2, 0.25) is 0 Å². The number of furan rings is 1. The largest absolute Gasteiger partial charge is 0.467 e. The van der Waals surface area contributed by atoms with E-state index in [-0.39, 0.29) is 0 Å². The highest BCUT2D eigenvalue weighted by Gasteiger charge is 2.08. The first-order valence-corrected chi connectivity index (χ1v) is 5.24. The molecule has 0 bridgehead atoms. The topological polar surface area (TPSA) is 56.7 Å². The monoisotopic (exact) mass is 226 g/mol. The molecule has 3 rings (SSSR count). The van der Waals surface area contributed by atoms with Crippen LogP contribution in [0, 0.1) is 0 Å². The fourth-order valence-electron chi connectivity index (χ4n) is 1.67. The Morgan fingerprint density at radius 3 is 2.82 bits per heavy atom. The highest BCUT2D eigenvalue weighted by Crippen LogP contribution is 2.16.